The third-order valence-electron chi connectivity index (χ3n) is 4.23. The number of rotatable bonds is 2. The summed E-state index contributed by atoms with van der Waals surface area (Å²) in [6.07, 6.45) is 5.87. The predicted octanol–water partition coefficient (Wildman–Crippen LogP) is 2.91. The highest BCUT2D eigenvalue weighted by Crippen LogP contribution is 2.50. The minimum absolute atomic E-state index is 0.682. The Morgan fingerprint density at radius 1 is 1.38 bits per heavy atom. The number of hydrogen-bond donors (Lipinski definition) is 0. The van der Waals surface area contributed by atoms with Crippen LogP contribution >= 0.6 is 0 Å². The summed E-state index contributed by atoms with van der Waals surface area (Å²) in [5, 5.41) is 0. The molecule has 1 atom stereocenters. The van der Waals surface area contributed by atoms with Crippen LogP contribution in [0.4, 0.5) is 0 Å². The standard InChI is InChI=1S/C12H23N/c1-4-13-8-5-11(10(2)3)9-12(13)6-7-12/h10-11H,4-9H2,1-3H3/t11-/m1/s1. The molecule has 1 saturated heterocycles. The van der Waals surface area contributed by atoms with Crippen LogP contribution in [0.15, 0.2) is 0 Å². The van der Waals surface area contributed by atoms with Crippen molar-refractivity contribution < 1.29 is 0 Å². The molecule has 0 unspecified atom stereocenters. The van der Waals surface area contributed by atoms with E-state index in [0.717, 1.165) is 11.8 Å². The Bertz CT molecular complexity index is 182. The Balaban J connectivity index is 1.99. The van der Waals surface area contributed by atoms with Crippen LogP contribution in [0.5, 0.6) is 0 Å². The Kier molecular flexibility index (Phi) is 2.39. The molecule has 1 aliphatic carbocycles. The summed E-state index contributed by atoms with van der Waals surface area (Å²) in [5.74, 6) is 1.90. The molecule has 1 heteroatoms. The second-order valence-electron chi connectivity index (χ2n) is 5.30. The molecule has 1 saturated carbocycles. The van der Waals surface area contributed by atoms with Gasteiger partial charge in [0.25, 0.3) is 0 Å². The van der Waals surface area contributed by atoms with Gasteiger partial charge in [0.15, 0.2) is 0 Å². The van der Waals surface area contributed by atoms with E-state index in [0.29, 0.717) is 5.54 Å². The van der Waals surface area contributed by atoms with Gasteiger partial charge in [0.1, 0.15) is 0 Å². The fraction of sp³-hybridized carbons (Fsp3) is 1.00. The first-order valence-electron chi connectivity index (χ1n) is 5.93. The van der Waals surface area contributed by atoms with Crippen molar-refractivity contribution in [2.45, 2.75) is 52.0 Å². The molecule has 13 heavy (non-hydrogen) atoms. The molecule has 2 rings (SSSR count). The molecule has 1 spiro atoms. The molecule has 0 aromatic rings. The van der Waals surface area contributed by atoms with Crippen molar-refractivity contribution in [3.63, 3.8) is 0 Å². The van der Waals surface area contributed by atoms with Crippen LogP contribution < -0.4 is 0 Å². The summed E-state index contributed by atoms with van der Waals surface area (Å²) in [7, 11) is 0. The number of likely N-dealkylation sites (tertiary alicyclic amines) is 1. The van der Waals surface area contributed by atoms with Crippen LogP contribution in [0.2, 0.25) is 0 Å². The molecule has 0 amide bonds. The second kappa shape index (κ2) is 3.27. The zero-order chi connectivity index (χ0) is 9.47. The summed E-state index contributed by atoms with van der Waals surface area (Å²) in [6, 6.07) is 0. The largest absolute Gasteiger partial charge is 0.298 e. The fourth-order valence-corrected chi connectivity index (χ4v) is 3.01. The summed E-state index contributed by atoms with van der Waals surface area (Å²) >= 11 is 0. The van der Waals surface area contributed by atoms with Crippen LogP contribution in [0, 0.1) is 11.8 Å². The lowest BCUT2D eigenvalue weighted by Gasteiger charge is -2.41. The van der Waals surface area contributed by atoms with Crippen molar-refractivity contribution in [1.29, 1.82) is 0 Å². The molecule has 1 heterocycles. The summed E-state index contributed by atoms with van der Waals surface area (Å²) in [6.45, 7) is 9.73. The third kappa shape index (κ3) is 1.63. The summed E-state index contributed by atoms with van der Waals surface area (Å²) in [5.41, 5.74) is 0.682. The highest BCUT2D eigenvalue weighted by molar-refractivity contribution is 5.07. The maximum absolute atomic E-state index is 2.73. The SMILES string of the molecule is CCN1CC[C@@H](C(C)C)CC12CC2. The van der Waals surface area contributed by atoms with Gasteiger partial charge in [0, 0.05) is 5.54 Å². The van der Waals surface area contributed by atoms with Crippen molar-refractivity contribution in [3.05, 3.63) is 0 Å². The van der Waals surface area contributed by atoms with E-state index in [9.17, 15) is 0 Å². The number of piperidine rings is 1. The molecule has 1 nitrogen and oxygen atoms in total. The Morgan fingerprint density at radius 2 is 2.08 bits per heavy atom. The summed E-state index contributed by atoms with van der Waals surface area (Å²) in [4.78, 5) is 2.73. The topological polar surface area (TPSA) is 3.24 Å². The smallest absolute Gasteiger partial charge is 0.0213 e. The average Bonchev–Trinajstić information content (AvgIpc) is 2.85. The van der Waals surface area contributed by atoms with Gasteiger partial charge in [-0.1, -0.05) is 20.8 Å². The zero-order valence-corrected chi connectivity index (χ0v) is 9.34. The van der Waals surface area contributed by atoms with Gasteiger partial charge < -0.3 is 0 Å². The molecule has 2 fully saturated rings. The van der Waals surface area contributed by atoms with Crippen molar-refractivity contribution in [1.82, 2.24) is 4.90 Å². The van der Waals surface area contributed by atoms with Gasteiger partial charge in [0.2, 0.25) is 0 Å². The van der Waals surface area contributed by atoms with Gasteiger partial charge in [-0.15, -0.1) is 0 Å². The second-order valence-corrected chi connectivity index (χ2v) is 5.30. The van der Waals surface area contributed by atoms with Crippen LogP contribution in [-0.4, -0.2) is 23.5 Å². The van der Waals surface area contributed by atoms with Gasteiger partial charge in [-0.25, -0.2) is 0 Å². The molecule has 2 aliphatic rings. The summed E-state index contributed by atoms with van der Waals surface area (Å²) < 4.78 is 0. The van der Waals surface area contributed by atoms with E-state index in [4.69, 9.17) is 0 Å². The molecule has 0 bridgehead atoms. The van der Waals surface area contributed by atoms with E-state index >= 15 is 0 Å². The van der Waals surface area contributed by atoms with E-state index < -0.39 is 0 Å². The first-order chi connectivity index (χ1) is 6.18. The predicted molar refractivity (Wildman–Crippen MR) is 56.8 cm³/mol. The highest BCUT2D eigenvalue weighted by Gasteiger charge is 2.50. The zero-order valence-electron chi connectivity index (χ0n) is 9.34. The maximum atomic E-state index is 2.73. The lowest BCUT2D eigenvalue weighted by atomic mass is 9.81. The van der Waals surface area contributed by atoms with Crippen molar-refractivity contribution >= 4 is 0 Å². The lowest BCUT2D eigenvalue weighted by Crippen LogP contribution is -2.45. The minimum Gasteiger partial charge on any atom is -0.298 e. The van der Waals surface area contributed by atoms with E-state index in [1.807, 2.05) is 0 Å². The normalized spacial score (nSPS) is 32.8. The van der Waals surface area contributed by atoms with Crippen molar-refractivity contribution in [2.75, 3.05) is 13.1 Å². The van der Waals surface area contributed by atoms with E-state index in [1.54, 1.807) is 0 Å². The fourth-order valence-electron chi connectivity index (χ4n) is 3.01. The van der Waals surface area contributed by atoms with Gasteiger partial charge >= 0.3 is 0 Å². The average molecular weight is 181 g/mol. The molecule has 76 valence electrons. The van der Waals surface area contributed by atoms with Crippen molar-refractivity contribution in [3.8, 4) is 0 Å². The lowest BCUT2D eigenvalue weighted by molar-refractivity contribution is 0.0816. The quantitative estimate of drug-likeness (QED) is 0.633. The monoisotopic (exact) mass is 181 g/mol. The van der Waals surface area contributed by atoms with Gasteiger partial charge in [-0.3, -0.25) is 4.90 Å². The Morgan fingerprint density at radius 3 is 2.54 bits per heavy atom. The van der Waals surface area contributed by atoms with E-state index in [1.165, 1.54) is 38.8 Å². The molecule has 0 radical (unpaired) electrons. The van der Waals surface area contributed by atoms with Crippen LogP contribution in [0.1, 0.15) is 46.5 Å². The number of nitrogens with zero attached hydrogens (tertiary/aromatic N) is 1. The van der Waals surface area contributed by atoms with Gasteiger partial charge in [-0.05, 0) is 50.6 Å². The number of hydrogen-bond acceptors (Lipinski definition) is 1. The minimum atomic E-state index is 0.682. The third-order valence-corrected chi connectivity index (χ3v) is 4.23. The van der Waals surface area contributed by atoms with Crippen LogP contribution in [0.3, 0.4) is 0 Å². The first kappa shape index (κ1) is 9.51. The van der Waals surface area contributed by atoms with Crippen LogP contribution in [0.25, 0.3) is 0 Å². The Hall–Kier alpha value is -0.0400. The van der Waals surface area contributed by atoms with Gasteiger partial charge in [-0.2, -0.15) is 0 Å². The van der Waals surface area contributed by atoms with Crippen molar-refractivity contribution in [2.24, 2.45) is 11.8 Å². The molecule has 1 aliphatic heterocycles. The molecular formula is C12H23N. The molecule has 0 N–H and O–H groups in total. The molecular weight excluding hydrogens is 158 g/mol. The Labute approximate surface area is 82.5 Å². The molecule has 0 aromatic carbocycles. The van der Waals surface area contributed by atoms with Crippen LogP contribution in [-0.2, 0) is 0 Å². The highest BCUT2D eigenvalue weighted by atomic mass is 15.2. The van der Waals surface area contributed by atoms with E-state index in [-0.39, 0.29) is 0 Å². The van der Waals surface area contributed by atoms with Gasteiger partial charge in [0.05, 0.1) is 0 Å². The first-order valence-corrected chi connectivity index (χ1v) is 5.93. The molecule has 0 aromatic heterocycles. The maximum Gasteiger partial charge on any atom is 0.0213 e. The van der Waals surface area contributed by atoms with E-state index in [2.05, 4.69) is 25.7 Å².